The lowest BCUT2D eigenvalue weighted by atomic mass is 10.2. The molecule has 0 spiro atoms. The Morgan fingerprint density at radius 3 is 2.56 bits per heavy atom. The van der Waals surface area contributed by atoms with Crippen molar-refractivity contribution in [1.29, 1.82) is 0 Å². The summed E-state index contributed by atoms with van der Waals surface area (Å²) < 4.78 is 0. The molecule has 0 radical (unpaired) electrons. The molecule has 144 valence electrons. The second-order valence-electron chi connectivity index (χ2n) is 6.61. The normalized spacial score (nSPS) is 13.9. The van der Waals surface area contributed by atoms with E-state index in [4.69, 9.17) is 4.99 Å². The Hall–Kier alpha value is -2.54. The molecule has 2 heterocycles. The van der Waals surface area contributed by atoms with Gasteiger partial charge in [0.05, 0.1) is 18.8 Å². The zero-order valence-corrected chi connectivity index (χ0v) is 17.1. The summed E-state index contributed by atoms with van der Waals surface area (Å²) in [5, 5.41) is 9.76. The van der Waals surface area contributed by atoms with Gasteiger partial charge in [0.1, 0.15) is 0 Å². The zero-order chi connectivity index (χ0) is 19.1. The van der Waals surface area contributed by atoms with Crippen molar-refractivity contribution in [1.82, 2.24) is 15.6 Å². The van der Waals surface area contributed by atoms with Crippen molar-refractivity contribution >= 4 is 28.1 Å². The third-order valence-electron chi connectivity index (χ3n) is 4.24. The van der Waals surface area contributed by atoms with Crippen LogP contribution in [0.4, 0.5) is 10.8 Å². The van der Waals surface area contributed by atoms with E-state index in [0.717, 1.165) is 36.4 Å². The Bertz CT molecular complexity index is 770. The minimum atomic E-state index is 0.647. The molecule has 1 aromatic carbocycles. The van der Waals surface area contributed by atoms with E-state index < -0.39 is 0 Å². The average molecular weight is 385 g/mol. The lowest BCUT2D eigenvalue weighted by Crippen LogP contribution is -2.36. The first-order chi connectivity index (χ1) is 13.2. The number of guanidine groups is 1. The predicted octanol–water partition coefficient (Wildman–Crippen LogP) is 2.84. The first-order valence-electron chi connectivity index (χ1n) is 9.28. The molecule has 1 aliphatic heterocycles. The van der Waals surface area contributed by atoms with Gasteiger partial charge in [0.25, 0.3) is 0 Å². The summed E-state index contributed by atoms with van der Waals surface area (Å²) in [4.78, 5) is 13.7. The highest BCUT2D eigenvalue weighted by Crippen LogP contribution is 2.18. The van der Waals surface area contributed by atoms with Gasteiger partial charge in [-0.1, -0.05) is 24.3 Å². The summed E-state index contributed by atoms with van der Waals surface area (Å²) in [7, 11) is 4.01. The third kappa shape index (κ3) is 5.47. The maximum atomic E-state index is 4.70. The fourth-order valence-electron chi connectivity index (χ4n) is 2.77. The van der Waals surface area contributed by atoms with Crippen molar-refractivity contribution in [2.75, 3.05) is 43.5 Å². The van der Waals surface area contributed by atoms with Crippen molar-refractivity contribution in [2.24, 2.45) is 4.99 Å². The topological polar surface area (TPSA) is 55.8 Å². The number of aliphatic imine (C=N–C) groups is 1. The number of rotatable bonds is 7. The van der Waals surface area contributed by atoms with E-state index in [1.807, 2.05) is 19.0 Å². The first-order valence-corrected chi connectivity index (χ1v) is 10.2. The van der Waals surface area contributed by atoms with Crippen LogP contribution in [0, 0.1) is 0 Å². The third-order valence-corrected chi connectivity index (χ3v) is 5.30. The van der Waals surface area contributed by atoms with Gasteiger partial charge in [-0.05, 0) is 24.6 Å². The van der Waals surface area contributed by atoms with Crippen LogP contribution in [0.25, 0.3) is 0 Å². The van der Waals surface area contributed by atoms with Crippen molar-refractivity contribution in [2.45, 2.75) is 20.0 Å². The molecule has 2 aromatic rings. The Morgan fingerprint density at radius 2 is 1.93 bits per heavy atom. The summed E-state index contributed by atoms with van der Waals surface area (Å²) in [6.45, 7) is 6.21. The molecule has 0 unspecified atom stereocenters. The van der Waals surface area contributed by atoms with Crippen LogP contribution in [0.1, 0.15) is 18.2 Å². The molecule has 0 amide bonds. The van der Waals surface area contributed by atoms with Crippen LogP contribution in [-0.2, 0) is 13.1 Å². The van der Waals surface area contributed by atoms with Gasteiger partial charge in [-0.3, -0.25) is 0 Å². The van der Waals surface area contributed by atoms with Gasteiger partial charge < -0.3 is 20.4 Å². The summed E-state index contributed by atoms with van der Waals surface area (Å²) in [5.41, 5.74) is 3.49. The van der Waals surface area contributed by atoms with Gasteiger partial charge in [0.15, 0.2) is 11.1 Å². The molecule has 27 heavy (non-hydrogen) atoms. The van der Waals surface area contributed by atoms with E-state index in [-0.39, 0.29) is 0 Å². The fraction of sp³-hybridized carbons (Fsp3) is 0.400. The number of nitrogens with one attached hydrogen (secondary N) is 2. The fourth-order valence-corrected chi connectivity index (χ4v) is 3.53. The molecule has 1 aliphatic rings. The van der Waals surface area contributed by atoms with E-state index in [2.05, 4.69) is 69.2 Å². The van der Waals surface area contributed by atoms with E-state index in [1.165, 1.54) is 11.3 Å². The summed E-state index contributed by atoms with van der Waals surface area (Å²) >= 11 is 1.65. The molecule has 2 N–H and O–H groups in total. The van der Waals surface area contributed by atoms with Gasteiger partial charge in [-0.15, -0.1) is 11.3 Å². The molecular formula is C20H28N6S. The number of thiazole rings is 1. The quantitative estimate of drug-likeness (QED) is 0.437. The molecule has 7 heteroatoms. The average Bonchev–Trinajstić information content (AvgIpc) is 3.36. The highest BCUT2D eigenvalue weighted by molar-refractivity contribution is 7.13. The standard InChI is InChI=1S/C20H28N6S/c1-4-21-19(23-14-17-15-27-20(24-17)25(2)3)22-13-16-7-9-18(10-8-16)26-11-5-6-12-26/h5-10,15H,4,11-14H2,1-3H3,(H2,21,22,23). The molecular weight excluding hydrogens is 356 g/mol. The maximum absolute atomic E-state index is 4.70. The van der Waals surface area contributed by atoms with E-state index in [9.17, 15) is 0 Å². The maximum Gasteiger partial charge on any atom is 0.191 e. The molecule has 0 saturated carbocycles. The second-order valence-corrected chi connectivity index (χ2v) is 7.44. The Morgan fingerprint density at radius 1 is 1.19 bits per heavy atom. The van der Waals surface area contributed by atoms with Gasteiger partial charge >= 0.3 is 0 Å². The summed E-state index contributed by atoms with van der Waals surface area (Å²) in [6.07, 6.45) is 4.41. The Labute approximate surface area is 165 Å². The number of hydrogen-bond acceptors (Lipinski definition) is 5. The number of nitrogens with zero attached hydrogens (tertiary/aromatic N) is 4. The molecule has 0 atom stereocenters. The van der Waals surface area contributed by atoms with Crippen molar-refractivity contribution in [3.8, 4) is 0 Å². The van der Waals surface area contributed by atoms with Crippen LogP contribution in [0.15, 0.2) is 46.8 Å². The molecule has 0 bridgehead atoms. The smallest absolute Gasteiger partial charge is 0.191 e. The van der Waals surface area contributed by atoms with Crippen LogP contribution in [0.3, 0.4) is 0 Å². The highest BCUT2D eigenvalue weighted by Gasteiger charge is 2.07. The van der Waals surface area contributed by atoms with Crippen LogP contribution in [-0.4, -0.2) is 44.7 Å². The lowest BCUT2D eigenvalue weighted by molar-refractivity contribution is 0.803. The minimum absolute atomic E-state index is 0.647. The van der Waals surface area contributed by atoms with Crippen molar-refractivity contribution in [3.05, 3.63) is 53.1 Å². The SMILES string of the molecule is CCNC(=NCc1ccc(N2CC=CC2)cc1)NCc1csc(N(C)C)n1. The van der Waals surface area contributed by atoms with Gasteiger partial charge in [-0.25, -0.2) is 9.98 Å². The zero-order valence-electron chi connectivity index (χ0n) is 16.3. The summed E-state index contributed by atoms with van der Waals surface area (Å²) in [5.74, 6) is 0.810. The minimum Gasteiger partial charge on any atom is -0.364 e. The van der Waals surface area contributed by atoms with Gasteiger partial charge in [-0.2, -0.15) is 0 Å². The molecule has 6 nitrogen and oxygen atoms in total. The van der Waals surface area contributed by atoms with Crippen LogP contribution in [0.2, 0.25) is 0 Å². The lowest BCUT2D eigenvalue weighted by Gasteiger charge is -2.17. The number of benzene rings is 1. The van der Waals surface area contributed by atoms with Crippen LogP contribution < -0.4 is 20.4 Å². The Kier molecular flexibility index (Phi) is 6.70. The number of hydrogen-bond donors (Lipinski definition) is 2. The highest BCUT2D eigenvalue weighted by atomic mass is 32.1. The van der Waals surface area contributed by atoms with Gasteiger partial charge in [0.2, 0.25) is 0 Å². The predicted molar refractivity (Wildman–Crippen MR) is 116 cm³/mol. The molecule has 1 aromatic heterocycles. The summed E-state index contributed by atoms with van der Waals surface area (Å²) in [6, 6.07) is 8.67. The Balaban J connectivity index is 1.56. The van der Waals surface area contributed by atoms with E-state index >= 15 is 0 Å². The second kappa shape index (κ2) is 9.41. The van der Waals surface area contributed by atoms with Crippen molar-refractivity contribution in [3.63, 3.8) is 0 Å². The number of anilines is 2. The molecule has 0 saturated heterocycles. The van der Waals surface area contributed by atoms with Crippen LogP contribution in [0.5, 0.6) is 0 Å². The van der Waals surface area contributed by atoms with Gasteiger partial charge in [0, 0.05) is 44.8 Å². The number of aromatic nitrogens is 1. The van der Waals surface area contributed by atoms with Crippen molar-refractivity contribution < 1.29 is 0 Å². The monoisotopic (exact) mass is 384 g/mol. The first kappa shape index (κ1) is 19.2. The van der Waals surface area contributed by atoms with Crippen LogP contribution >= 0.6 is 11.3 Å². The molecule has 0 aliphatic carbocycles. The van der Waals surface area contributed by atoms with E-state index in [0.29, 0.717) is 13.1 Å². The van der Waals surface area contributed by atoms with E-state index in [1.54, 1.807) is 11.3 Å². The molecule has 0 fully saturated rings. The molecule has 3 rings (SSSR count). The largest absolute Gasteiger partial charge is 0.364 e.